The zero-order valence-corrected chi connectivity index (χ0v) is 21.6. The molecule has 9 heteroatoms. The van der Waals surface area contributed by atoms with E-state index in [4.69, 9.17) is 9.47 Å². The van der Waals surface area contributed by atoms with E-state index in [0.29, 0.717) is 22.7 Å². The van der Waals surface area contributed by atoms with Crippen molar-refractivity contribution in [1.82, 2.24) is 9.88 Å². The SMILES string of the molecule is COc1ccc(OC)c(/C(O)=C2\C(=O)C(=O)N(c3ccc(N4CCN(C)CC4)cc3)C2c2cccnc2)c1. The number of carbonyl (C=O) groups is 2. The summed E-state index contributed by atoms with van der Waals surface area (Å²) in [6, 6.07) is 15.2. The number of ether oxygens (including phenoxy) is 2. The summed E-state index contributed by atoms with van der Waals surface area (Å²) in [4.78, 5) is 37.2. The quantitative estimate of drug-likeness (QED) is 0.304. The van der Waals surface area contributed by atoms with E-state index in [-0.39, 0.29) is 16.9 Å². The first-order valence-electron chi connectivity index (χ1n) is 12.4. The number of pyridine rings is 1. The number of aliphatic hydroxyl groups is 1. The number of likely N-dealkylation sites (N-methyl/N-ethyl adjacent to an activating group) is 1. The van der Waals surface area contributed by atoms with Gasteiger partial charge in [0.1, 0.15) is 17.3 Å². The van der Waals surface area contributed by atoms with Gasteiger partial charge in [0.2, 0.25) is 0 Å². The Bertz CT molecular complexity index is 1370. The molecular weight excluding hydrogens is 484 g/mol. The van der Waals surface area contributed by atoms with Crippen molar-refractivity contribution in [3.8, 4) is 11.5 Å². The summed E-state index contributed by atoms with van der Waals surface area (Å²) in [6.45, 7) is 3.78. The van der Waals surface area contributed by atoms with Crippen molar-refractivity contribution in [3.63, 3.8) is 0 Å². The van der Waals surface area contributed by atoms with Gasteiger partial charge in [-0.3, -0.25) is 19.5 Å². The molecule has 2 aliphatic rings. The van der Waals surface area contributed by atoms with Crippen molar-refractivity contribution in [1.29, 1.82) is 0 Å². The van der Waals surface area contributed by atoms with Gasteiger partial charge in [-0.1, -0.05) is 6.07 Å². The molecule has 1 unspecified atom stereocenters. The highest BCUT2D eigenvalue weighted by atomic mass is 16.5. The molecule has 0 radical (unpaired) electrons. The topological polar surface area (TPSA) is 95.4 Å². The summed E-state index contributed by atoms with van der Waals surface area (Å²) in [7, 11) is 5.08. The lowest BCUT2D eigenvalue weighted by atomic mass is 9.95. The lowest BCUT2D eigenvalue weighted by molar-refractivity contribution is -0.132. The van der Waals surface area contributed by atoms with E-state index in [0.717, 1.165) is 31.9 Å². The van der Waals surface area contributed by atoms with Crippen molar-refractivity contribution >= 4 is 28.8 Å². The molecule has 1 amide bonds. The first-order chi connectivity index (χ1) is 18.4. The third-order valence-corrected chi connectivity index (χ3v) is 7.10. The van der Waals surface area contributed by atoms with Gasteiger partial charge in [0.25, 0.3) is 11.7 Å². The number of nitrogens with zero attached hydrogens (tertiary/aromatic N) is 4. The summed E-state index contributed by atoms with van der Waals surface area (Å²) in [5.41, 5.74) is 2.41. The number of hydrogen-bond acceptors (Lipinski definition) is 8. The molecule has 0 saturated carbocycles. The Morgan fingerprint density at radius 2 is 1.66 bits per heavy atom. The summed E-state index contributed by atoms with van der Waals surface area (Å²) in [5.74, 6) is -1.04. The molecular formula is C29H30N4O5. The summed E-state index contributed by atoms with van der Waals surface area (Å²) in [5, 5.41) is 11.5. The van der Waals surface area contributed by atoms with Crippen LogP contribution in [0.4, 0.5) is 11.4 Å². The first-order valence-corrected chi connectivity index (χ1v) is 12.4. The molecule has 2 aromatic carbocycles. The Labute approximate surface area is 221 Å². The first kappa shape index (κ1) is 25.3. The molecule has 3 aromatic rings. The van der Waals surface area contributed by atoms with Gasteiger partial charge in [-0.05, 0) is 61.1 Å². The van der Waals surface area contributed by atoms with E-state index in [1.54, 1.807) is 42.7 Å². The zero-order chi connectivity index (χ0) is 26.8. The van der Waals surface area contributed by atoms with E-state index in [9.17, 15) is 14.7 Å². The number of carbonyl (C=O) groups excluding carboxylic acids is 2. The fraction of sp³-hybridized carbons (Fsp3) is 0.276. The minimum absolute atomic E-state index is 0.0438. The van der Waals surface area contributed by atoms with E-state index in [1.807, 2.05) is 24.3 Å². The van der Waals surface area contributed by atoms with E-state index >= 15 is 0 Å². The number of methoxy groups -OCH3 is 2. The largest absolute Gasteiger partial charge is 0.507 e. The fourth-order valence-electron chi connectivity index (χ4n) is 4.98. The number of amides is 1. The molecule has 1 aromatic heterocycles. The second-order valence-electron chi connectivity index (χ2n) is 9.33. The Kier molecular flexibility index (Phi) is 7.02. The highest BCUT2D eigenvalue weighted by Gasteiger charge is 2.47. The number of hydrogen-bond donors (Lipinski definition) is 1. The minimum Gasteiger partial charge on any atom is -0.507 e. The van der Waals surface area contributed by atoms with Crippen molar-refractivity contribution in [2.45, 2.75) is 6.04 Å². The van der Waals surface area contributed by atoms with Crippen molar-refractivity contribution < 1.29 is 24.2 Å². The molecule has 196 valence electrons. The van der Waals surface area contributed by atoms with Crippen LogP contribution < -0.4 is 19.3 Å². The highest BCUT2D eigenvalue weighted by Crippen LogP contribution is 2.43. The number of aromatic nitrogens is 1. The number of Topliss-reactive ketones (excluding diaryl/α,β-unsaturated/α-hetero) is 1. The standard InChI is InChI=1S/C29H30N4O5/c1-31-13-15-32(16-14-31)20-6-8-21(9-7-20)33-26(19-5-4-12-30-18-19)25(28(35)29(33)36)27(34)23-17-22(37-2)10-11-24(23)38-3/h4-12,17-18,26,34H,13-16H2,1-3H3/b27-25+. The van der Waals surface area contributed by atoms with Gasteiger partial charge >= 0.3 is 0 Å². The van der Waals surface area contributed by atoms with Crippen LogP contribution in [0.2, 0.25) is 0 Å². The van der Waals surface area contributed by atoms with Gasteiger partial charge in [-0.2, -0.15) is 0 Å². The van der Waals surface area contributed by atoms with Gasteiger partial charge < -0.3 is 24.4 Å². The molecule has 3 heterocycles. The lowest BCUT2D eigenvalue weighted by Gasteiger charge is -2.34. The second kappa shape index (κ2) is 10.5. The predicted molar refractivity (Wildman–Crippen MR) is 145 cm³/mol. The fourth-order valence-corrected chi connectivity index (χ4v) is 4.98. The Morgan fingerprint density at radius 1 is 0.947 bits per heavy atom. The Hall–Kier alpha value is -4.37. The van der Waals surface area contributed by atoms with Gasteiger partial charge in [0.15, 0.2) is 0 Å². The molecule has 38 heavy (non-hydrogen) atoms. The smallest absolute Gasteiger partial charge is 0.300 e. The summed E-state index contributed by atoms with van der Waals surface area (Å²) >= 11 is 0. The number of ketones is 1. The molecule has 0 spiro atoms. The molecule has 2 saturated heterocycles. The third-order valence-electron chi connectivity index (χ3n) is 7.10. The molecule has 1 atom stereocenters. The Balaban J connectivity index is 1.60. The second-order valence-corrected chi connectivity index (χ2v) is 9.33. The van der Waals surface area contributed by atoms with Crippen molar-refractivity contribution in [3.05, 3.63) is 83.7 Å². The van der Waals surface area contributed by atoms with E-state index in [2.05, 4.69) is 21.8 Å². The molecule has 0 bridgehead atoms. The van der Waals surface area contributed by atoms with Crippen molar-refractivity contribution in [2.24, 2.45) is 0 Å². The number of piperazine rings is 1. The predicted octanol–water partition coefficient (Wildman–Crippen LogP) is 3.48. The molecule has 5 rings (SSSR count). The number of aliphatic hydroxyl groups excluding tert-OH is 1. The van der Waals surface area contributed by atoms with Crippen LogP contribution >= 0.6 is 0 Å². The zero-order valence-electron chi connectivity index (χ0n) is 21.6. The maximum Gasteiger partial charge on any atom is 0.300 e. The molecule has 9 nitrogen and oxygen atoms in total. The monoisotopic (exact) mass is 514 g/mol. The summed E-state index contributed by atoms with van der Waals surface area (Å²) in [6.07, 6.45) is 3.21. The molecule has 1 N–H and O–H groups in total. The number of benzene rings is 2. The van der Waals surface area contributed by atoms with Crippen LogP contribution in [0.1, 0.15) is 17.2 Å². The highest BCUT2D eigenvalue weighted by molar-refractivity contribution is 6.51. The van der Waals surface area contributed by atoms with Gasteiger partial charge in [-0.15, -0.1) is 0 Å². The molecule has 0 aliphatic carbocycles. The maximum atomic E-state index is 13.5. The van der Waals surface area contributed by atoms with Gasteiger partial charge in [0.05, 0.1) is 31.4 Å². The van der Waals surface area contributed by atoms with E-state index in [1.165, 1.54) is 19.1 Å². The average Bonchev–Trinajstić information content (AvgIpc) is 3.23. The van der Waals surface area contributed by atoms with Crippen LogP contribution in [-0.4, -0.2) is 74.1 Å². The van der Waals surface area contributed by atoms with Crippen LogP contribution in [0, 0.1) is 0 Å². The van der Waals surface area contributed by atoms with Crippen molar-refractivity contribution in [2.75, 3.05) is 57.2 Å². The molecule has 2 aliphatic heterocycles. The number of rotatable bonds is 6. The van der Waals surface area contributed by atoms with E-state index < -0.39 is 17.7 Å². The van der Waals surface area contributed by atoms with Crippen LogP contribution in [0.3, 0.4) is 0 Å². The van der Waals surface area contributed by atoms with Gasteiger partial charge in [-0.25, -0.2) is 0 Å². The van der Waals surface area contributed by atoms with Crippen LogP contribution in [0.25, 0.3) is 5.76 Å². The van der Waals surface area contributed by atoms with Crippen LogP contribution in [0.15, 0.2) is 72.6 Å². The normalized spacial score (nSPS) is 19.6. The minimum atomic E-state index is -0.880. The summed E-state index contributed by atoms with van der Waals surface area (Å²) < 4.78 is 10.8. The lowest BCUT2D eigenvalue weighted by Crippen LogP contribution is -2.44. The Morgan fingerprint density at radius 3 is 2.29 bits per heavy atom. The average molecular weight is 515 g/mol. The van der Waals surface area contributed by atoms with Gasteiger partial charge in [0, 0.05) is 49.9 Å². The third kappa shape index (κ3) is 4.56. The van der Waals surface area contributed by atoms with Crippen LogP contribution in [0.5, 0.6) is 11.5 Å². The number of anilines is 2. The van der Waals surface area contributed by atoms with Crippen LogP contribution in [-0.2, 0) is 9.59 Å². The maximum absolute atomic E-state index is 13.5. The molecule has 2 fully saturated rings.